The van der Waals surface area contributed by atoms with Crippen LogP contribution in [0.15, 0.2) is 33.9 Å². The molecule has 1 amide bonds. The maximum atomic E-state index is 13.0. The molecule has 34 heavy (non-hydrogen) atoms. The Hall–Kier alpha value is -3.62. The maximum absolute atomic E-state index is 13.0. The molecule has 0 saturated carbocycles. The summed E-state index contributed by atoms with van der Waals surface area (Å²) in [6.45, 7) is 6.51. The van der Waals surface area contributed by atoms with Gasteiger partial charge in [-0.3, -0.25) is 18.7 Å². The summed E-state index contributed by atoms with van der Waals surface area (Å²) in [6.07, 6.45) is 0.841. The molecule has 2 aromatic heterocycles. The lowest BCUT2D eigenvalue weighted by Gasteiger charge is -2.36. The van der Waals surface area contributed by atoms with Gasteiger partial charge in [-0.25, -0.2) is 9.78 Å². The fraction of sp³-hybridized carbons (Fsp3) is 0.440. The van der Waals surface area contributed by atoms with Gasteiger partial charge in [-0.2, -0.15) is 0 Å². The molecule has 1 aliphatic heterocycles. The Morgan fingerprint density at radius 3 is 2.38 bits per heavy atom. The molecular weight excluding hydrogens is 434 g/mol. The zero-order valence-corrected chi connectivity index (χ0v) is 20.4. The van der Waals surface area contributed by atoms with Gasteiger partial charge in [0, 0.05) is 52.4 Å². The van der Waals surface area contributed by atoms with Crippen LogP contribution in [0, 0.1) is 13.8 Å². The maximum Gasteiger partial charge on any atom is 0.332 e. The number of ether oxygens (including phenoxy) is 1. The van der Waals surface area contributed by atoms with Gasteiger partial charge in [0.15, 0.2) is 0 Å². The van der Waals surface area contributed by atoms with E-state index >= 15 is 0 Å². The Balaban J connectivity index is 1.48. The van der Waals surface area contributed by atoms with E-state index in [1.165, 1.54) is 11.6 Å². The predicted molar refractivity (Wildman–Crippen MR) is 132 cm³/mol. The number of carbonyl (C=O) groups excluding carboxylic acids is 1. The summed E-state index contributed by atoms with van der Waals surface area (Å²) in [6, 6.07) is 7.92. The van der Waals surface area contributed by atoms with Crippen molar-refractivity contribution in [3.8, 4) is 5.75 Å². The number of para-hydroxylation sites is 2. The molecule has 4 rings (SSSR count). The Morgan fingerprint density at radius 2 is 1.71 bits per heavy atom. The third-order valence-electron chi connectivity index (χ3n) is 6.82. The Morgan fingerprint density at radius 1 is 1.03 bits per heavy atom. The van der Waals surface area contributed by atoms with Crippen molar-refractivity contribution in [2.24, 2.45) is 14.1 Å². The van der Waals surface area contributed by atoms with Crippen LogP contribution in [0.2, 0.25) is 0 Å². The normalized spacial score (nSPS) is 14.0. The summed E-state index contributed by atoms with van der Waals surface area (Å²) in [4.78, 5) is 46.7. The number of carbonyl (C=O) groups is 1. The van der Waals surface area contributed by atoms with Crippen molar-refractivity contribution in [3.05, 3.63) is 61.9 Å². The zero-order chi connectivity index (χ0) is 24.6. The van der Waals surface area contributed by atoms with E-state index in [-0.39, 0.29) is 11.5 Å². The minimum atomic E-state index is -0.404. The van der Waals surface area contributed by atoms with Crippen molar-refractivity contribution in [2.45, 2.75) is 26.7 Å². The fourth-order valence-corrected chi connectivity index (χ4v) is 4.79. The van der Waals surface area contributed by atoms with Gasteiger partial charge < -0.3 is 14.5 Å². The number of rotatable bonds is 5. The number of aryl methyl sites for hydroxylation is 3. The van der Waals surface area contributed by atoms with Gasteiger partial charge in [0.2, 0.25) is 5.91 Å². The molecule has 0 aliphatic carbocycles. The number of nitrogens with zero attached hydrogens (tertiary/aromatic N) is 5. The van der Waals surface area contributed by atoms with Crippen molar-refractivity contribution in [1.29, 1.82) is 0 Å². The smallest absolute Gasteiger partial charge is 0.332 e. The highest BCUT2D eigenvalue weighted by Crippen LogP contribution is 2.28. The number of benzene rings is 1. The SMILES string of the molecule is COc1ccccc1N1CCN(C(=O)CCc2c(C)nc3c(c2C)c(=O)n(C)c(=O)n3C)CC1. The molecule has 3 aromatic rings. The zero-order valence-electron chi connectivity index (χ0n) is 20.4. The fourth-order valence-electron chi connectivity index (χ4n) is 4.79. The van der Waals surface area contributed by atoms with E-state index in [1.807, 2.05) is 43.0 Å². The lowest BCUT2D eigenvalue weighted by molar-refractivity contribution is -0.131. The van der Waals surface area contributed by atoms with Crippen molar-refractivity contribution >= 4 is 22.6 Å². The second kappa shape index (κ2) is 9.32. The van der Waals surface area contributed by atoms with E-state index in [2.05, 4.69) is 9.88 Å². The van der Waals surface area contributed by atoms with Crippen molar-refractivity contribution in [2.75, 3.05) is 38.2 Å². The van der Waals surface area contributed by atoms with E-state index in [0.29, 0.717) is 37.0 Å². The molecule has 1 aliphatic rings. The number of pyridine rings is 1. The molecular formula is C25H31N5O4. The van der Waals surface area contributed by atoms with E-state index in [0.717, 1.165) is 45.9 Å². The van der Waals surface area contributed by atoms with Gasteiger partial charge in [-0.1, -0.05) is 12.1 Å². The predicted octanol–water partition coefficient (Wildman–Crippen LogP) is 1.54. The molecule has 1 aromatic carbocycles. The number of fused-ring (bicyclic) bond motifs is 1. The van der Waals surface area contributed by atoms with Crippen molar-refractivity contribution in [3.63, 3.8) is 0 Å². The summed E-state index contributed by atoms with van der Waals surface area (Å²) < 4.78 is 7.97. The summed E-state index contributed by atoms with van der Waals surface area (Å²) >= 11 is 0. The molecule has 180 valence electrons. The standard InChI is InChI=1S/C25H31N5O4/c1-16-18(17(2)26-23-22(16)24(32)28(4)25(33)27(23)3)10-11-21(31)30-14-12-29(13-15-30)19-8-6-7-9-20(19)34-5/h6-9H,10-15H2,1-5H3. The van der Waals surface area contributed by atoms with Gasteiger partial charge in [-0.05, 0) is 43.5 Å². The number of anilines is 1. The molecule has 3 heterocycles. The minimum absolute atomic E-state index is 0.0898. The molecule has 1 saturated heterocycles. The first kappa shape index (κ1) is 23.5. The summed E-state index contributed by atoms with van der Waals surface area (Å²) in [7, 11) is 4.75. The monoisotopic (exact) mass is 465 g/mol. The van der Waals surface area contributed by atoms with E-state index in [4.69, 9.17) is 4.74 Å². The lowest BCUT2D eigenvalue weighted by atomic mass is 9.99. The van der Waals surface area contributed by atoms with E-state index in [9.17, 15) is 14.4 Å². The van der Waals surface area contributed by atoms with Crippen LogP contribution in [0.4, 0.5) is 5.69 Å². The van der Waals surface area contributed by atoms with Gasteiger partial charge >= 0.3 is 5.69 Å². The first-order valence-electron chi connectivity index (χ1n) is 11.5. The third-order valence-corrected chi connectivity index (χ3v) is 6.82. The molecule has 0 radical (unpaired) electrons. The number of hydrogen-bond donors (Lipinski definition) is 0. The highest BCUT2D eigenvalue weighted by molar-refractivity contribution is 5.81. The average molecular weight is 466 g/mol. The van der Waals surface area contributed by atoms with Crippen LogP contribution in [0.1, 0.15) is 23.2 Å². The third kappa shape index (κ3) is 4.06. The Labute approximate surface area is 198 Å². The van der Waals surface area contributed by atoms with Crippen LogP contribution in [-0.4, -0.2) is 58.2 Å². The number of amides is 1. The molecule has 9 nitrogen and oxygen atoms in total. The van der Waals surface area contributed by atoms with E-state index in [1.54, 1.807) is 14.2 Å². The Kier molecular flexibility index (Phi) is 6.45. The molecule has 1 fully saturated rings. The first-order chi connectivity index (χ1) is 16.2. The number of aromatic nitrogens is 3. The van der Waals surface area contributed by atoms with Gasteiger partial charge in [0.1, 0.15) is 11.4 Å². The van der Waals surface area contributed by atoms with Crippen molar-refractivity contribution in [1.82, 2.24) is 19.0 Å². The minimum Gasteiger partial charge on any atom is -0.495 e. The van der Waals surface area contributed by atoms with Crippen LogP contribution >= 0.6 is 0 Å². The summed E-state index contributed by atoms with van der Waals surface area (Å²) in [5.74, 6) is 0.924. The van der Waals surface area contributed by atoms with Crippen LogP contribution in [0.25, 0.3) is 11.0 Å². The highest BCUT2D eigenvalue weighted by Gasteiger charge is 2.24. The van der Waals surface area contributed by atoms with Crippen LogP contribution in [0.3, 0.4) is 0 Å². The topological polar surface area (TPSA) is 89.7 Å². The summed E-state index contributed by atoms with van der Waals surface area (Å²) in [5, 5.41) is 0.433. The van der Waals surface area contributed by atoms with Crippen LogP contribution < -0.4 is 20.9 Å². The van der Waals surface area contributed by atoms with Gasteiger partial charge in [0.05, 0.1) is 18.2 Å². The number of methoxy groups -OCH3 is 1. The largest absolute Gasteiger partial charge is 0.495 e. The Bertz CT molecular complexity index is 1370. The molecule has 9 heteroatoms. The molecule has 0 bridgehead atoms. The second-order valence-corrected chi connectivity index (χ2v) is 8.74. The molecule has 0 unspecified atom stereocenters. The number of hydrogen-bond acceptors (Lipinski definition) is 6. The molecule has 0 atom stereocenters. The quantitative estimate of drug-likeness (QED) is 0.568. The molecule has 0 spiro atoms. The average Bonchev–Trinajstić information content (AvgIpc) is 2.85. The number of piperazine rings is 1. The van der Waals surface area contributed by atoms with Gasteiger partial charge in [-0.15, -0.1) is 0 Å². The van der Waals surface area contributed by atoms with Crippen molar-refractivity contribution < 1.29 is 9.53 Å². The second-order valence-electron chi connectivity index (χ2n) is 8.74. The summed E-state index contributed by atoms with van der Waals surface area (Å²) in [5.41, 5.74) is 3.08. The van der Waals surface area contributed by atoms with E-state index < -0.39 is 5.69 Å². The lowest BCUT2D eigenvalue weighted by Crippen LogP contribution is -2.49. The van der Waals surface area contributed by atoms with Gasteiger partial charge in [0.25, 0.3) is 5.56 Å². The first-order valence-corrected chi connectivity index (χ1v) is 11.5. The van der Waals surface area contributed by atoms with Crippen LogP contribution in [-0.2, 0) is 25.3 Å². The highest BCUT2D eigenvalue weighted by atomic mass is 16.5. The molecule has 0 N–H and O–H groups in total. The van der Waals surface area contributed by atoms with Crippen LogP contribution in [0.5, 0.6) is 5.75 Å².